The molecule has 1 aliphatic rings. The zero-order valence-electron chi connectivity index (χ0n) is 41.3. The number of guanidine groups is 1. The number of thiol groups is 2. The number of amides is 10. The highest BCUT2D eigenvalue weighted by Crippen LogP contribution is 2.21. The maximum absolute atomic E-state index is 14.4. The number of hydrogen-bond acceptors (Lipinski definition) is 15. The van der Waals surface area contributed by atoms with Gasteiger partial charge in [0.25, 0.3) is 0 Å². The third-order valence-corrected chi connectivity index (χ3v) is 12.7. The van der Waals surface area contributed by atoms with Crippen molar-refractivity contribution in [2.24, 2.45) is 39.6 Å². The van der Waals surface area contributed by atoms with E-state index in [1.165, 1.54) is 17.0 Å². The Morgan fingerprint density at radius 2 is 1.23 bits per heavy atom. The fraction of sp³-hybridized carbons (Fsp3) is 0.511. The fourth-order valence-corrected chi connectivity index (χ4v) is 8.11. The Balaban J connectivity index is 1.90. The molecule has 74 heavy (non-hydrogen) atoms. The zero-order chi connectivity index (χ0) is 55.1. The van der Waals surface area contributed by atoms with Crippen LogP contribution in [0.2, 0.25) is 0 Å². The number of phenols is 1. The molecule has 9 atom stereocenters. The molecule has 0 saturated carbocycles. The molecule has 3 rings (SSSR count). The molecule has 25 nitrogen and oxygen atoms in total. The van der Waals surface area contributed by atoms with Gasteiger partial charge in [-0.05, 0) is 54.9 Å². The van der Waals surface area contributed by atoms with Crippen LogP contribution in [-0.2, 0) is 60.8 Å². The molecule has 18 N–H and O–H groups in total. The summed E-state index contributed by atoms with van der Waals surface area (Å²) in [5.41, 5.74) is 28.8. The highest BCUT2D eigenvalue weighted by atomic mass is 32.1. The van der Waals surface area contributed by atoms with Crippen LogP contribution in [0, 0.1) is 5.92 Å². The van der Waals surface area contributed by atoms with Gasteiger partial charge in [0.05, 0.1) is 19.0 Å². The topological polar surface area (TPSA) is 421 Å². The Morgan fingerprint density at radius 1 is 0.689 bits per heavy atom. The van der Waals surface area contributed by atoms with Crippen molar-refractivity contribution in [3.05, 3.63) is 65.7 Å². The largest absolute Gasteiger partial charge is 0.508 e. The van der Waals surface area contributed by atoms with Crippen molar-refractivity contribution >= 4 is 90.3 Å². The smallest absolute Gasteiger partial charge is 0.246 e. The Kier molecular flexibility index (Phi) is 25.5. The molecule has 0 aliphatic carbocycles. The van der Waals surface area contributed by atoms with Gasteiger partial charge in [-0.1, -0.05) is 62.7 Å². The van der Waals surface area contributed by atoms with E-state index in [4.69, 9.17) is 28.7 Å². The minimum atomic E-state index is -1.73. The molecule has 0 aromatic heterocycles. The van der Waals surface area contributed by atoms with Crippen LogP contribution in [0.25, 0.3) is 0 Å². The molecule has 0 bridgehead atoms. The van der Waals surface area contributed by atoms with Gasteiger partial charge in [0.2, 0.25) is 59.1 Å². The third kappa shape index (κ3) is 20.1. The molecular formula is C47H70N14O11S2. The summed E-state index contributed by atoms with van der Waals surface area (Å²) in [7, 11) is 0. The predicted molar refractivity (Wildman–Crippen MR) is 279 cm³/mol. The summed E-state index contributed by atoms with van der Waals surface area (Å²) in [4.78, 5) is 139. The van der Waals surface area contributed by atoms with Gasteiger partial charge in [-0.2, -0.15) is 25.3 Å². The summed E-state index contributed by atoms with van der Waals surface area (Å²) in [6.07, 6.45) is -0.00767. The van der Waals surface area contributed by atoms with Crippen molar-refractivity contribution in [2.45, 2.75) is 114 Å². The van der Waals surface area contributed by atoms with Crippen molar-refractivity contribution in [1.29, 1.82) is 0 Å². The number of rotatable bonds is 30. The molecule has 406 valence electrons. The van der Waals surface area contributed by atoms with Gasteiger partial charge in [-0.15, -0.1) is 0 Å². The van der Waals surface area contributed by atoms with Gasteiger partial charge in [-0.3, -0.25) is 52.9 Å². The number of nitrogens with zero attached hydrogens (tertiary/aromatic N) is 2. The first kappa shape index (κ1) is 61.2. The van der Waals surface area contributed by atoms with Gasteiger partial charge in [0.15, 0.2) is 5.96 Å². The van der Waals surface area contributed by atoms with Gasteiger partial charge in [0.1, 0.15) is 48.0 Å². The van der Waals surface area contributed by atoms with Crippen LogP contribution in [0.5, 0.6) is 5.75 Å². The number of aliphatic imine (C=N–C) groups is 1. The normalized spacial score (nSPS) is 16.2. The molecule has 27 heteroatoms. The van der Waals surface area contributed by atoms with Crippen molar-refractivity contribution < 1.29 is 53.1 Å². The maximum atomic E-state index is 14.4. The van der Waals surface area contributed by atoms with Gasteiger partial charge in [0, 0.05) is 37.4 Å². The number of carbonyl (C=O) groups excluding carboxylic acids is 10. The molecule has 2 aromatic rings. The van der Waals surface area contributed by atoms with E-state index in [1.54, 1.807) is 56.3 Å². The lowest BCUT2D eigenvalue weighted by atomic mass is 9.97. The lowest BCUT2D eigenvalue weighted by molar-refractivity contribution is -0.142. The molecule has 0 spiro atoms. The summed E-state index contributed by atoms with van der Waals surface area (Å²) in [6, 6.07) is 3.84. The molecule has 1 aliphatic heterocycles. The quantitative estimate of drug-likeness (QED) is 0.0153. The second-order valence-electron chi connectivity index (χ2n) is 17.7. The predicted octanol–water partition coefficient (Wildman–Crippen LogP) is -4.16. The number of primary amides is 2. The molecule has 1 fully saturated rings. The van der Waals surface area contributed by atoms with Gasteiger partial charge < -0.3 is 75.9 Å². The van der Waals surface area contributed by atoms with Crippen LogP contribution in [0.4, 0.5) is 0 Å². The summed E-state index contributed by atoms with van der Waals surface area (Å²) in [6.45, 7) is 3.14. The number of carbonyl (C=O) groups is 10. The zero-order valence-corrected chi connectivity index (χ0v) is 43.1. The highest BCUT2D eigenvalue weighted by molar-refractivity contribution is 7.80. The number of hydrogen-bond donors (Lipinski definition) is 15. The first-order valence-electron chi connectivity index (χ1n) is 23.9. The molecular weight excluding hydrogens is 1000 g/mol. The van der Waals surface area contributed by atoms with E-state index in [9.17, 15) is 53.1 Å². The second kappa shape index (κ2) is 30.8. The van der Waals surface area contributed by atoms with E-state index in [0.29, 0.717) is 24.0 Å². The Hall–Kier alpha value is -7.13. The summed E-state index contributed by atoms with van der Waals surface area (Å²) in [5.74, 6) is -9.34. The van der Waals surface area contributed by atoms with E-state index >= 15 is 0 Å². The molecule has 1 heterocycles. The lowest BCUT2D eigenvalue weighted by Gasteiger charge is -2.31. The first-order valence-corrected chi connectivity index (χ1v) is 25.2. The minimum Gasteiger partial charge on any atom is -0.508 e. The monoisotopic (exact) mass is 1070 g/mol. The Labute approximate surface area is 439 Å². The van der Waals surface area contributed by atoms with E-state index in [1.807, 2.05) is 0 Å². The number of aromatic hydroxyl groups is 1. The third-order valence-electron chi connectivity index (χ3n) is 11.9. The molecule has 2 aromatic carbocycles. The van der Waals surface area contributed by atoms with Crippen molar-refractivity contribution in [1.82, 2.24) is 42.1 Å². The standard InChI is InChI=1S/C47H70N14O11S2/c1-3-25(2)38(45(71)54-22-37(50)64)60-44(70)35-12-8-18-61(35)46(72)34(24-74)59-43(69)33(21-36(49)63)58-40(66)30(11-7-17-53-47(51)52)55-41(67)32(19-26-9-5-4-6-10-26)57-42(68)31(56-39(65)29(48)23-73)20-27-13-15-28(62)16-14-27/h4-6,9-10,13-16,25,29-35,38,62,73-74H,3,7-8,11-12,17-24,48H2,1-2H3,(H2,49,63)(H2,50,64)(H,54,71)(H,55,67)(H,56,65)(H,57,68)(H,58,66)(H,59,69)(H,60,70)(H4,51,52,53)/t25-,29-,30-,31-,32-,33-,34-,35-,38-/m0/s1. The van der Waals surface area contributed by atoms with Gasteiger partial charge >= 0.3 is 0 Å². The van der Waals surface area contributed by atoms with Crippen LogP contribution in [0.15, 0.2) is 59.6 Å². The van der Waals surface area contributed by atoms with Crippen LogP contribution >= 0.6 is 25.3 Å². The van der Waals surface area contributed by atoms with E-state index < -0.39 is 120 Å². The first-order chi connectivity index (χ1) is 35.1. The number of nitrogens with one attached hydrogen (secondary N) is 7. The lowest BCUT2D eigenvalue weighted by Crippen LogP contribution is -2.61. The maximum Gasteiger partial charge on any atom is 0.246 e. The number of nitrogens with two attached hydrogens (primary N) is 5. The minimum absolute atomic E-state index is 0.00749. The number of benzene rings is 2. The summed E-state index contributed by atoms with van der Waals surface area (Å²) < 4.78 is 0. The van der Waals surface area contributed by atoms with Crippen molar-refractivity contribution in [3.63, 3.8) is 0 Å². The summed E-state index contributed by atoms with van der Waals surface area (Å²) in [5, 5.41) is 27.7. The second-order valence-corrected chi connectivity index (χ2v) is 18.4. The van der Waals surface area contributed by atoms with Crippen LogP contribution in [-0.4, -0.2) is 155 Å². The molecule has 0 unspecified atom stereocenters. The summed E-state index contributed by atoms with van der Waals surface area (Å²) >= 11 is 8.36. The Bertz CT molecular complexity index is 2310. The highest BCUT2D eigenvalue weighted by Gasteiger charge is 2.40. The fourth-order valence-electron chi connectivity index (χ4n) is 7.69. The number of likely N-dealkylation sites (tertiary alicyclic amines) is 1. The van der Waals surface area contributed by atoms with E-state index in [0.717, 1.165) is 0 Å². The van der Waals surface area contributed by atoms with Crippen molar-refractivity contribution in [2.75, 3.05) is 31.1 Å². The average Bonchev–Trinajstić information content (AvgIpc) is 3.87. The van der Waals surface area contributed by atoms with Crippen LogP contribution < -0.4 is 65.9 Å². The van der Waals surface area contributed by atoms with E-state index in [-0.39, 0.29) is 74.3 Å². The van der Waals surface area contributed by atoms with Crippen molar-refractivity contribution in [3.8, 4) is 5.75 Å². The molecule has 10 amide bonds. The average molecular weight is 1070 g/mol. The number of phenolic OH excluding ortho intramolecular Hbond substituents is 1. The van der Waals surface area contributed by atoms with Crippen LogP contribution in [0.3, 0.4) is 0 Å². The van der Waals surface area contributed by atoms with E-state index in [2.05, 4.69) is 67.5 Å². The molecule has 0 radical (unpaired) electrons. The Morgan fingerprint density at radius 3 is 1.78 bits per heavy atom. The SMILES string of the molecule is CC[C@H](C)[C@H](NC(=O)[C@@H]1CCCN1C(=O)[C@H](CS)NC(=O)[C@H](CC(N)=O)NC(=O)[C@H](CCCN=C(N)N)NC(=O)[C@H](Cc1ccccc1)NC(=O)[C@H](Cc1ccc(O)cc1)NC(=O)[C@@H](N)CS)C(=O)NCC(N)=O. The van der Waals surface area contributed by atoms with Crippen LogP contribution in [0.1, 0.15) is 63.5 Å². The molecule has 1 saturated heterocycles. The van der Waals surface area contributed by atoms with Gasteiger partial charge in [-0.25, -0.2) is 0 Å².